The van der Waals surface area contributed by atoms with Gasteiger partial charge in [-0.2, -0.15) is 0 Å². The number of hydrogen-bond acceptors (Lipinski definition) is 2. The van der Waals surface area contributed by atoms with E-state index in [1.807, 2.05) is 18.2 Å². The minimum absolute atomic E-state index is 0.0871. The summed E-state index contributed by atoms with van der Waals surface area (Å²) in [6, 6.07) is 22.7. The van der Waals surface area contributed by atoms with Gasteiger partial charge in [-0.3, -0.25) is 0 Å². The number of nitrogens with one attached hydrogen (secondary N) is 1. The van der Waals surface area contributed by atoms with Gasteiger partial charge in [0.15, 0.2) is 0 Å². The lowest BCUT2D eigenvalue weighted by Crippen LogP contribution is -2.00. The van der Waals surface area contributed by atoms with Crippen LogP contribution in [-0.2, 0) is 13.2 Å². The Labute approximate surface area is 118 Å². The standard InChI is InChI=1S/C18H17NO/c20-13-15-5-3-4-14(10-15)12-19-18-9-8-16-6-1-2-7-17(16)11-18/h1-11,19-20H,12-13H2. The first-order chi connectivity index (χ1) is 9.85. The zero-order valence-corrected chi connectivity index (χ0v) is 11.2. The van der Waals surface area contributed by atoms with Crippen molar-refractivity contribution in [3.8, 4) is 0 Å². The molecule has 0 saturated carbocycles. The average molecular weight is 263 g/mol. The van der Waals surface area contributed by atoms with Crippen molar-refractivity contribution in [3.63, 3.8) is 0 Å². The maximum Gasteiger partial charge on any atom is 0.0681 e. The molecule has 2 heteroatoms. The molecule has 3 aromatic rings. The van der Waals surface area contributed by atoms with Crippen molar-refractivity contribution in [2.75, 3.05) is 5.32 Å². The highest BCUT2D eigenvalue weighted by Gasteiger charge is 1.98. The summed E-state index contributed by atoms with van der Waals surface area (Å²) in [5, 5.41) is 15.1. The molecule has 0 radical (unpaired) electrons. The molecule has 0 aliphatic carbocycles. The van der Waals surface area contributed by atoms with E-state index in [0.29, 0.717) is 0 Å². The zero-order valence-electron chi connectivity index (χ0n) is 11.2. The van der Waals surface area contributed by atoms with Crippen LogP contribution in [0.5, 0.6) is 0 Å². The molecule has 2 N–H and O–H groups in total. The molecular formula is C18H17NO. The largest absolute Gasteiger partial charge is 0.392 e. The van der Waals surface area contributed by atoms with Crippen LogP contribution in [0, 0.1) is 0 Å². The third-order valence-electron chi connectivity index (χ3n) is 3.42. The van der Waals surface area contributed by atoms with Crippen LogP contribution < -0.4 is 5.32 Å². The van der Waals surface area contributed by atoms with Crippen LogP contribution in [0.4, 0.5) is 5.69 Å². The SMILES string of the molecule is OCc1cccc(CNc2ccc3ccccc3c2)c1. The normalized spacial score (nSPS) is 10.7. The first kappa shape index (κ1) is 12.7. The molecule has 2 nitrogen and oxygen atoms in total. The van der Waals surface area contributed by atoms with Gasteiger partial charge in [0.1, 0.15) is 0 Å². The molecule has 0 fully saturated rings. The molecule has 0 atom stereocenters. The van der Waals surface area contributed by atoms with Crippen molar-refractivity contribution in [3.05, 3.63) is 77.9 Å². The van der Waals surface area contributed by atoms with Gasteiger partial charge < -0.3 is 10.4 Å². The van der Waals surface area contributed by atoms with Crippen molar-refractivity contribution in [2.45, 2.75) is 13.2 Å². The summed E-state index contributed by atoms with van der Waals surface area (Å²) >= 11 is 0. The summed E-state index contributed by atoms with van der Waals surface area (Å²) in [5.74, 6) is 0. The van der Waals surface area contributed by atoms with Crippen LogP contribution in [0.3, 0.4) is 0 Å². The van der Waals surface area contributed by atoms with Gasteiger partial charge in [-0.1, -0.05) is 54.6 Å². The Kier molecular flexibility index (Phi) is 3.66. The minimum atomic E-state index is 0.0871. The molecule has 0 aliphatic heterocycles. The lowest BCUT2D eigenvalue weighted by molar-refractivity contribution is 0.281. The van der Waals surface area contributed by atoms with Gasteiger partial charge in [0.25, 0.3) is 0 Å². The molecule has 0 amide bonds. The van der Waals surface area contributed by atoms with E-state index in [9.17, 15) is 0 Å². The van der Waals surface area contributed by atoms with E-state index in [4.69, 9.17) is 5.11 Å². The van der Waals surface area contributed by atoms with Crippen LogP contribution in [0.2, 0.25) is 0 Å². The fraction of sp³-hybridized carbons (Fsp3) is 0.111. The quantitative estimate of drug-likeness (QED) is 0.747. The highest BCUT2D eigenvalue weighted by Crippen LogP contribution is 2.19. The van der Waals surface area contributed by atoms with Crippen LogP contribution >= 0.6 is 0 Å². The van der Waals surface area contributed by atoms with Gasteiger partial charge in [0, 0.05) is 12.2 Å². The van der Waals surface area contributed by atoms with Crippen LogP contribution in [-0.4, -0.2) is 5.11 Å². The molecule has 0 saturated heterocycles. The van der Waals surface area contributed by atoms with E-state index in [2.05, 4.69) is 53.8 Å². The topological polar surface area (TPSA) is 32.3 Å². The van der Waals surface area contributed by atoms with E-state index in [1.54, 1.807) is 0 Å². The van der Waals surface area contributed by atoms with Gasteiger partial charge in [-0.05, 0) is 34.0 Å². The van der Waals surface area contributed by atoms with E-state index >= 15 is 0 Å². The summed E-state index contributed by atoms with van der Waals surface area (Å²) < 4.78 is 0. The third-order valence-corrected chi connectivity index (χ3v) is 3.42. The smallest absolute Gasteiger partial charge is 0.0681 e. The van der Waals surface area contributed by atoms with Gasteiger partial charge in [0.05, 0.1) is 6.61 Å². The summed E-state index contributed by atoms with van der Waals surface area (Å²) in [5.41, 5.74) is 3.23. The van der Waals surface area contributed by atoms with Gasteiger partial charge >= 0.3 is 0 Å². The molecule has 0 unspecified atom stereocenters. The second kappa shape index (κ2) is 5.76. The highest BCUT2D eigenvalue weighted by molar-refractivity contribution is 5.85. The summed E-state index contributed by atoms with van der Waals surface area (Å²) in [6.07, 6.45) is 0. The fourth-order valence-corrected chi connectivity index (χ4v) is 2.34. The van der Waals surface area contributed by atoms with Crippen molar-refractivity contribution < 1.29 is 5.11 Å². The Hall–Kier alpha value is -2.32. The molecule has 3 rings (SSSR count). The second-order valence-corrected chi connectivity index (χ2v) is 4.89. The van der Waals surface area contributed by atoms with E-state index in [0.717, 1.165) is 17.8 Å². The minimum Gasteiger partial charge on any atom is -0.392 e. The summed E-state index contributed by atoms with van der Waals surface area (Å²) in [6.45, 7) is 0.843. The van der Waals surface area contributed by atoms with Crippen LogP contribution in [0.25, 0.3) is 10.8 Å². The first-order valence-electron chi connectivity index (χ1n) is 6.76. The molecule has 0 aromatic heterocycles. The van der Waals surface area contributed by atoms with Crippen molar-refractivity contribution in [1.82, 2.24) is 0 Å². The van der Waals surface area contributed by atoms with E-state index < -0.39 is 0 Å². The third kappa shape index (κ3) is 2.81. The molecular weight excluding hydrogens is 246 g/mol. The lowest BCUT2D eigenvalue weighted by atomic mass is 10.1. The van der Waals surface area contributed by atoms with Gasteiger partial charge in [0.2, 0.25) is 0 Å². The molecule has 0 heterocycles. The number of hydrogen-bond donors (Lipinski definition) is 2. The van der Waals surface area contributed by atoms with E-state index in [-0.39, 0.29) is 6.61 Å². The number of rotatable bonds is 4. The lowest BCUT2D eigenvalue weighted by Gasteiger charge is -2.08. The van der Waals surface area contributed by atoms with Gasteiger partial charge in [-0.25, -0.2) is 0 Å². The molecule has 3 aromatic carbocycles. The zero-order chi connectivity index (χ0) is 13.8. The first-order valence-corrected chi connectivity index (χ1v) is 6.76. The number of aliphatic hydroxyl groups excluding tert-OH is 1. The predicted octanol–water partition coefficient (Wildman–Crippen LogP) is 3.94. The molecule has 20 heavy (non-hydrogen) atoms. The molecule has 0 bridgehead atoms. The summed E-state index contributed by atoms with van der Waals surface area (Å²) in [7, 11) is 0. The Bertz CT molecular complexity index is 721. The van der Waals surface area contributed by atoms with Crippen LogP contribution in [0.1, 0.15) is 11.1 Å². The number of anilines is 1. The average Bonchev–Trinajstić information content (AvgIpc) is 2.53. The van der Waals surface area contributed by atoms with Gasteiger partial charge in [-0.15, -0.1) is 0 Å². The fourth-order valence-electron chi connectivity index (χ4n) is 2.34. The Morgan fingerprint density at radius 1 is 0.750 bits per heavy atom. The maximum atomic E-state index is 9.15. The van der Waals surface area contributed by atoms with Crippen molar-refractivity contribution in [2.24, 2.45) is 0 Å². The number of aliphatic hydroxyl groups is 1. The van der Waals surface area contributed by atoms with Crippen molar-refractivity contribution >= 4 is 16.5 Å². The Morgan fingerprint density at radius 2 is 1.55 bits per heavy atom. The Morgan fingerprint density at radius 3 is 2.40 bits per heavy atom. The molecule has 100 valence electrons. The van der Waals surface area contributed by atoms with Crippen LogP contribution in [0.15, 0.2) is 66.7 Å². The predicted molar refractivity (Wildman–Crippen MR) is 83.6 cm³/mol. The maximum absolute atomic E-state index is 9.15. The summed E-state index contributed by atoms with van der Waals surface area (Å²) in [4.78, 5) is 0. The molecule has 0 aliphatic rings. The van der Waals surface area contributed by atoms with E-state index in [1.165, 1.54) is 16.3 Å². The Balaban J connectivity index is 1.76. The monoisotopic (exact) mass is 263 g/mol. The number of benzene rings is 3. The highest BCUT2D eigenvalue weighted by atomic mass is 16.3. The number of fused-ring (bicyclic) bond motifs is 1. The second-order valence-electron chi connectivity index (χ2n) is 4.89. The molecule has 0 spiro atoms. The van der Waals surface area contributed by atoms with Crippen molar-refractivity contribution in [1.29, 1.82) is 0 Å².